The van der Waals surface area contributed by atoms with Crippen LogP contribution >= 0.6 is 11.6 Å². The van der Waals surface area contributed by atoms with E-state index < -0.39 is 17.8 Å². The number of nitrogens with two attached hydrogens (primary N) is 1. The minimum atomic E-state index is -1.01. The van der Waals surface area contributed by atoms with E-state index in [0.717, 1.165) is 0 Å². The van der Waals surface area contributed by atoms with Crippen molar-refractivity contribution in [2.75, 3.05) is 0 Å². The first-order valence-corrected chi connectivity index (χ1v) is 8.27. The summed E-state index contributed by atoms with van der Waals surface area (Å²) >= 11 is 5.80. The molecule has 2 aromatic carbocycles. The molecule has 0 fully saturated rings. The fourth-order valence-corrected chi connectivity index (χ4v) is 2.41. The zero-order chi connectivity index (χ0) is 19.4. The summed E-state index contributed by atoms with van der Waals surface area (Å²) in [5.41, 5.74) is 6.08. The monoisotopic (exact) mass is 391 g/mol. The standard InChI is InChI=1S/C17H15ClFN5O3/c18-11-2-4-13(5-3-11)27-15-6-1-10(7-14(15)19)17-21-23-24(22-17)9-12(20)8-16(25)26/h1-7,12H,8-9,20H2,(H,25,26). The molecule has 0 radical (unpaired) electrons. The summed E-state index contributed by atoms with van der Waals surface area (Å²) in [6.07, 6.45) is -0.220. The van der Waals surface area contributed by atoms with Crippen molar-refractivity contribution in [1.82, 2.24) is 20.2 Å². The fourth-order valence-electron chi connectivity index (χ4n) is 2.29. The van der Waals surface area contributed by atoms with Gasteiger partial charge in [-0.15, -0.1) is 10.2 Å². The van der Waals surface area contributed by atoms with Crippen LogP contribution in [0.5, 0.6) is 11.5 Å². The number of halogens is 2. The number of ether oxygens (including phenoxy) is 1. The van der Waals surface area contributed by atoms with Crippen molar-refractivity contribution in [3.8, 4) is 22.9 Å². The second-order valence-electron chi connectivity index (χ2n) is 5.73. The SMILES string of the molecule is NC(CC(=O)O)Cn1nnc(-c2ccc(Oc3ccc(Cl)cc3)c(F)c2)n1. The van der Waals surface area contributed by atoms with Crippen LogP contribution in [-0.4, -0.2) is 37.3 Å². The molecule has 0 amide bonds. The van der Waals surface area contributed by atoms with Crippen LogP contribution < -0.4 is 10.5 Å². The number of hydrogen-bond donors (Lipinski definition) is 2. The van der Waals surface area contributed by atoms with Gasteiger partial charge in [0.1, 0.15) is 5.75 Å². The van der Waals surface area contributed by atoms with Gasteiger partial charge in [0, 0.05) is 16.6 Å². The van der Waals surface area contributed by atoms with E-state index in [1.165, 1.54) is 16.9 Å². The number of aromatic nitrogens is 4. The Balaban J connectivity index is 1.72. The predicted octanol–water partition coefficient (Wildman–Crippen LogP) is 2.73. The van der Waals surface area contributed by atoms with Crippen LogP contribution in [0.15, 0.2) is 42.5 Å². The van der Waals surface area contributed by atoms with Gasteiger partial charge in [0.25, 0.3) is 0 Å². The molecule has 0 aliphatic heterocycles. The van der Waals surface area contributed by atoms with Crippen molar-refractivity contribution < 1.29 is 19.0 Å². The van der Waals surface area contributed by atoms with Gasteiger partial charge in [-0.1, -0.05) is 11.6 Å². The van der Waals surface area contributed by atoms with E-state index >= 15 is 0 Å². The van der Waals surface area contributed by atoms with Crippen molar-refractivity contribution in [3.63, 3.8) is 0 Å². The molecule has 0 aliphatic rings. The van der Waals surface area contributed by atoms with Crippen LogP contribution in [0.2, 0.25) is 5.02 Å². The summed E-state index contributed by atoms with van der Waals surface area (Å²) in [5.74, 6) is -0.934. The van der Waals surface area contributed by atoms with Crippen molar-refractivity contribution in [3.05, 3.63) is 53.3 Å². The van der Waals surface area contributed by atoms with Gasteiger partial charge in [-0.3, -0.25) is 4.79 Å². The summed E-state index contributed by atoms with van der Waals surface area (Å²) in [4.78, 5) is 11.8. The number of hydrogen-bond acceptors (Lipinski definition) is 6. The maximum absolute atomic E-state index is 14.3. The summed E-state index contributed by atoms with van der Waals surface area (Å²) < 4.78 is 19.8. The van der Waals surface area contributed by atoms with E-state index in [0.29, 0.717) is 16.3 Å². The smallest absolute Gasteiger partial charge is 0.304 e. The molecule has 0 aliphatic carbocycles. The average Bonchev–Trinajstić information content (AvgIpc) is 3.06. The number of carbonyl (C=O) groups is 1. The highest BCUT2D eigenvalue weighted by Gasteiger charge is 2.14. The minimum absolute atomic E-state index is 0.0388. The van der Waals surface area contributed by atoms with E-state index in [-0.39, 0.29) is 24.5 Å². The van der Waals surface area contributed by atoms with Crippen LogP contribution in [-0.2, 0) is 11.3 Å². The third-order valence-electron chi connectivity index (χ3n) is 3.52. The first-order chi connectivity index (χ1) is 12.9. The fraction of sp³-hybridized carbons (Fsp3) is 0.176. The zero-order valence-corrected chi connectivity index (χ0v) is 14.7. The molecule has 0 spiro atoms. The summed E-state index contributed by atoms with van der Waals surface area (Å²) in [6, 6.07) is 10.1. The molecule has 0 saturated carbocycles. The first-order valence-electron chi connectivity index (χ1n) is 7.89. The van der Waals surface area contributed by atoms with E-state index in [4.69, 9.17) is 27.2 Å². The van der Waals surface area contributed by atoms with Gasteiger partial charge in [-0.25, -0.2) is 4.39 Å². The minimum Gasteiger partial charge on any atom is -0.481 e. The van der Waals surface area contributed by atoms with Crippen LogP contribution in [0, 0.1) is 5.82 Å². The van der Waals surface area contributed by atoms with Crippen LogP contribution in [0.3, 0.4) is 0 Å². The van der Waals surface area contributed by atoms with Crippen LogP contribution in [0.1, 0.15) is 6.42 Å². The molecule has 27 heavy (non-hydrogen) atoms. The van der Waals surface area contributed by atoms with E-state index in [1.54, 1.807) is 30.3 Å². The lowest BCUT2D eigenvalue weighted by Gasteiger charge is -2.07. The molecule has 140 valence electrons. The Morgan fingerprint density at radius 3 is 2.70 bits per heavy atom. The number of rotatable bonds is 7. The van der Waals surface area contributed by atoms with Gasteiger partial charge in [0.05, 0.1) is 13.0 Å². The highest BCUT2D eigenvalue weighted by Crippen LogP contribution is 2.28. The predicted molar refractivity (Wildman–Crippen MR) is 95.0 cm³/mol. The molecule has 10 heteroatoms. The second-order valence-corrected chi connectivity index (χ2v) is 6.16. The Bertz CT molecular complexity index is 948. The van der Waals surface area contributed by atoms with E-state index in [1.807, 2.05) is 0 Å². The van der Waals surface area contributed by atoms with Crippen molar-refractivity contribution >= 4 is 17.6 Å². The highest BCUT2D eigenvalue weighted by atomic mass is 35.5. The van der Waals surface area contributed by atoms with Crippen molar-refractivity contribution in [2.45, 2.75) is 19.0 Å². The lowest BCUT2D eigenvalue weighted by Crippen LogP contribution is -2.30. The van der Waals surface area contributed by atoms with Gasteiger partial charge in [-0.2, -0.15) is 4.80 Å². The largest absolute Gasteiger partial charge is 0.481 e. The molecule has 3 N–H and O–H groups in total. The molecular weight excluding hydrogens is 377 g/mol. The number of carboxylic acid groups (broad SMARTS) is 1. The lowest BCUT2D eigenvalue weighted by molar-refractivity contribution is -0.137. The quantitative estimate of drug-likeness (QED) is 0.636. The van der Waals surface area contributed by atoms with E-state index in [2.05, 4.69) is 15.4 Å². The topological polar surface area (TPSA) is 116 Å². The maximum Gasteiger partial charge on any atom is 0.304 e. The summed E-state index contributed by atoms with van der Waals surface area (Å²) in [6.45, 7) is 0.0829. The molecule has 1 unspecified atom stereocenters. The molecule has 0 saturated heterocycles. The third-order valence-corrected chi connectivity index (χ3v) is 3.77. The molecule has 1 heterocycles. The number of benzene rings is 2. The van der Waals surface area contributed by atoms with Gasteiger partial charge in [-0.05, 0) is 47.7 Å². The maximum atomic E-state index is 14.3. The summed E-state index contributed by atoms with van der Waals surface area (Å²) in [5, 5.41) is 21.0. The first kappa shape index (κ1) is 18.7. The van der Waals surface area contributed by atoms with Crippen molar-refractivity contribution in [1.29, 1.82) is 0 Å². The van der Waals surface area contributed by atoms with Crippen molar-refractivity contribution in [2.24, 2.45) is 5.73 Å². The highest BCUT2D eigenvalue weighted by molar-refractivity contribution is 6.30. The Labute approximate surface area is 158 Å². The Morgan fingerprint density at radius 2 is 2.04 bits per heavy atom. The zero-order valence-electron chi connectivity index (χ0n) is 13.9. The number of nitrogens with zero attached hydrogens (tertiary/aromatic N) is 4. The lowest BCUT2D eigenvalue weighted by atomic mass is 10.2. The number of tetrazole rings is 1. The summed E-state index contributed by atoms with van der Waals surface area (Å²) in [7, 11) is 0. The van der Waals surface area contributed by atoms with Gasteiger partial charge < -0.3 is 15.6 Å². The Kier molecular flexibility index (Phi) is 5.63. The normalized spacial score (nSPS) is 12.0. The Hall–Kier alpha value is -3.04. The molecule has 8 nitrogen and oxygen atoms in total. The third kappa shape index (κ3) is 4.99. The number of carboxylic acids is 1. The van der Waals surface area contributed by atoms with E-state index in [9.17, 15) is 9.18 Å². The molecule has 3 rings (SSSR count). The van der Waals surface area contributed by atoms with Crippen LogP contribution in [0.25, 0.3) is 11.4 Å². The molecule has 0 bridgehead atoms. The molecule has 1 aromatic heterocycles. The average molecular weight is 392 g/mol. The van der Waals surface area contributed by atoms with Gasteiger partial charge in [0.2, 0.25) is 5.82 Å². The second kappa shape index (κ2) is 8.11. The van der Waals surface area contributed by atoms with Crippen LogP contribution in [0.4, 0.5) is 4.39 Å². The molecule has 1 atom stereocenters. The molecular formula is C17H15ClFN5O3. The molecule has 3 aromatic rings. The van der Waals surface area contributed by atoms with Gasteiger partial charge in [0.15, 0.2) is 11.6 Å². The number of aliphatic carboxylic acids is 1. The Morgan fingerprint density at radius 1 is 1.30 bits per heavy atom. The van der Waals surface area contributed by atoms with Gasteiger partial charge >= 0.3 is 5.97 Å².